The van der Waals surface area contributed by atoms with E-state index in [-0.39, 0.29) is 5.78 Å². The van der Waals surface area contributed by atoms with Gasteiger partial charge in [0.1, 0.15) is 5.75 Å². The second-order valence-electron chi connectivity index (χ2n) is 7.25. The normalized spacial score (nSPS) is 11.4. The van der Waals surface area contributed by atoms with E-state index in [1.54, 1.807) is 7.11 Å². The molecular weight excluding hydrogens is 358 g/mol. The molecule has 0 saturated carbocycles. The Morgan fingerprint density at radius 3 is 2.48 bits per heavy atom. The number of aryl methyl sites for hydroxylation is 3. The van der Waals surface area contributed by atoms with Crippen molar-refractivity contribution in [2.45, 2.75) is 34.1 Å². The molecule has 3 rings (SSSR count). The smallest absolute Gasteiger partial charge is 0.163 e. The molecule has 0 atom stereocenters. The number of aromatic nitrogens is 1. The summed E-state index contributed by atoms with van der Waals surface area (Å²) in [4.78, 5) is 17.2. The molecule has 0 aliphatic rings. The van der Waals surface area contributed by atoms with E-state index in [1.807, 2.05) is 57.3 Å². The zero-order valence-electron chi connectivity index (χ0n) is 17.7. The minimum atomic E-state index is 0.113. The summed E-state index contributed by atoms with van der Waals surface area (Å²) < 4.78 is 5.60. The van der Waals surface area contributed by atoms with E-state index in [0.717, 1.165) is 44.8 Å². The SMILES string of the molecule is CCC(=O)/C(=C\c1ccc(C)nc1)c1cc(-c2c(C)cccc2OC)ccc1C. The Balaban J connectivity index is 2.19. The van der Waals surface area contributed by atoms with Crippen LogP contribution in [0.5, 0.6) is 5.75 Å². The summed E-state index contributed by atoms with van der Waals surface area (Å²) >= 11 is 0. The second-order valence-corrected chi connectivity index (χ2v) is 7.25. The van der Waals surface area contributed by atoms with Gasteiger partial charge in [0.25, 0.3) is 0 Å². The molecule has 0 saturated heterocycles. The largest absolute Gasteiger partial charge is 0.496 e. The van der Waals surface area contributed by atoms with Crippen LogP contribution in [0.15, 0.2) is 54.7 Å². The quantitative estimate of drug-likeness (QED) is 0.474. The van der Waals surface area contributed by atoms with Gasteiger partial charge in [-0.25, -0.2) is 0 Å². The van der Waals surface area contributed by atoms with Crippen LogP contribution in [0.2, 0.25) is 0 Å². The maximum atomic E-state index is 12.9. The number of hydrogen-bond donors (Lipinski definition) is 0. The number of carbonyl (C=O) groups is 1. The van der Waals surface area contributed by atoms with E-state index in [2.05, 4.69) is 36.2 Å². The molecule has 1 aromatic heterocycles. The number of benzene rings is 2. The lowest BCUT2D eigenvalue weighted by molar-refractivity contribution is -0.113. The van der Waals surface area contributed by atoms with E-state index >= 15 is 0 Å². The van der Waals surface area contributed by atoms with Crippen molar-refractivity contribution in [1.82, 2.24) is 4.98 Å². The Hall–Kier alpha value is -3.20. The standard InChI is InChI=1S/C26H27NO2/c1-6-24(28)23(14-20-12-11-19(4)27-16-20)22-15-21(13-10-17(22)2)26-18(3)8-7-9-25(26)29-5/h7-16H,6H2,1-5H3/b23-14-. The van der Waals surface area contributed by atoms with Gasteiger partial charge in [0, 0.05) is 29.4 Å². The molecule has 0 fully saturated rings. The third-order valence-corrected chi connectivity index (χ3v) is 5.14. The van der Waals surface area contributed by atoms with Crippen LogP contribution >= 0.6 is 0 Å². The van der Waals surface area contributed by atoms with E-state index in [9.17, 15) is 4.79 Å². The lowest BCUT2D eigenvalue weighted by Crippen LogP contribution is -2.03. The Labute approximate surface area is 173 Å². The molecular formula is C26H27NO2. The molecule has 0 unspecified atom stereocenters. The number of methoxy groups -OCH3 is 1. The Morgan fingerprint density at radius 1 is 1.03 bits per heavy atom. The first-order valence-electron chi connectivity index (χ1n) is 9.87. The highest BCUT2D eigenvalue weighted by Crippen LogP contribution is 2.36. The molecule has 3 aromatic rings. The van der Waals surface area contributed by atoms with Crippen molar-refractivity contribution in [3.63, 3.8) is 0 Å². The fraction of sp³-hybridized carbons (Fsp3) is 0.231. The van der Waals surface area contributed by atoms with Gasteiger partial charge in [-0.1, -0.05) is 37.3 Å². The van der Waals surface area contributed by atoms with Gasteiger partial charge in [0.15, 0.2) is 5.78 Å². The van der Waals surface area contributed by atoms with Gasteiger partial charge in [0.2, 0.25) is 0 Å². The topological polar surface area (TPSA) is 39.2 Å². The van der Waals surface area contributed by atoms with Crippen molar-refractivity contribution in [3.8, 4) is 16.9 Å². The van der Waals surface area contributed by atoms with Crippen LogP contribution in [0.3, 0.4) is 0 Å². The zero-order valence-corrected chi connectivity index (χ0v) is 17.7. The molecule has 0 aliphatic heterocycles. The minimum absolute atomic E-state index is 0.113. The van der Waals surface area contributed by atoms with Crippen molar-refractivity contribution in [3.05, 3.63) is 82.7 Å². The number of nitrogens with zero attached hydrogens (tertiary/aromatic N) is 1. The minimum Gasteiger partial charge on any atom is -0.496 e. The van der Waals surface area contributed by atoms with E-state index in [4.69, 9.17) is 4.74 Å². The monoisotopic (exact) mass is 385 g/mol. The van der Waals surface area contributed by atoms with Crippen molar-refractivity contribution in [1.29, 1.82) is 0 Å². The summed E-state index contributed by atoms with van der Waals surface area (Å²) in [6, 6.07) is 16.2. The van der Waals surface area contributed by atoms with Gasteiger partial charge < -0.3 is 4.74 Å². The first kappa shape index (κ1) is 20.5. The number of allylic oxidation sites excluding steroid dienone is 1. The van der Waals surface area contributed by atoms with Crippen LogP contribution in [0, 0.1) is 20.8 Å². The van der Waals surface area contributed by atoms with Gasteiger partial charge in [-0.15, -0.1) is 0 Å². The molecule has 29 heavy (non-hydrogen) atoms. The first-order chi connectivity index (χ1) is 13.9. The first-order valence-corrected chi connectivity index (χ1v) is 9.87. The predicted octanol–water partition coefficient (Wildman–Crippen LogP) is 6.20. The maximum Gasteiger partial charge on any atom is 0.163 e. The number of pyridine rings is 1. The Morgan fingerprint density at radius 2 is 1.83 bits per heavy atom. The van der Waals surface area contributed by atoms with Crippen LogP contribution in [-0.2, 0) is 4.79 Å². The zero-order chi connectivity index (χ0) is 21.0. The third-order valence-electron chi connectivity index (χ3n) is 5.14. The van der Waals surface area contributed by atoms with E-state index in [0.29, 0.717) is 12.0 Å². The van der Waals surface area contributed by atoms with Crippen LogP contribution in [0.4, 0.5) is 0 Å². The molecule has 0 radical (unpaired) electrons. The van der Waals surface area contributed by atoms with Gasteiger partial charge in [-0.3, -0.25) is 9.78 Å². The molecule has 2 aromatic carbocycles. The summed E-state index contributed by atoms with van der Waals surface area (Å²) in [5.74, 6) is 0.942. The molecule has 0 N–H and O–H groups in total. The number of hydrogen-bond acceptors (Lipinski definition) is 3. The molecule has 0 amide bonds. The van der Waals surface area contributed by atoms with E-state index < -0.39 is 0 Å². The van der Waals surface area contributed by atoms with Gasteiger partial charge in [-0.2, -0.15) is 0 Å². The van der Waals surface area contributed by atoms with Gasteiger partial charge in [0.05, 0.1) is 7.11 Å². The molecule has 3 nitrogen and oxygen atoms in total. The molecule has 148 valence electrons. The van der Waals surface area contributed by atoms with Crippen molar-refractivity contribution < 1.29 is 9.53 Å². The summed E-state index contributed by atoms with van der Waals surface area (Å²) in [5, 5.41) is 0. The van der Waals surface area contributed by atoms with Crippen LogP contribution in [0.1, 0.15) is 41.3 Å². The molecule has 3 heteroatoms. The van der Waals surface area contributed by atoms with Crippen LogP contribution in [-0.4, -0.2) is 17.9 Å². The number of ketones is 1. The number of Topliss-reactive ketones (excluding diaryl/α,β-unsaturated/α-hetero) is 1. The van der Waals surface area contributed by atoms with Crippen molar-refractivity contribution in [2.24, 2.45) is 0 Å². The summed E-state index contributed by atoms with van der Waals surface area (Å²) in [5.41, 5.74) is 7.82. The average Bonchev–Trinajstić information content (AvgIpc) is 2.73. The highest BCUT2D eigenvalue weighted by Gasteiger charge is 2.16. The average molecular weight is 386 g/mol. The predicted molar refractivity (Wildman–Crippen MR) is 120 cm³/mol. The Bertz CT molecular complexity index is 1060. The van der Waals surface area contributed by atoms with Crippen LogP contribution < -0.4 is 4.74 Å². The maximum absolute atomic E-state index is 12.9. The summed E-state index contributed by atoms with van der Waals surface area (Å²) in [6.45, 7) is 7.96. The van der Waals surface area contributed by atoms with Gasteiger partial charge in [-0.05, 0) is 72.9 Å². The second kappa shape index (κ2) is 8.87. The van der Waals surface area contributed by atoms with Crippen LogP contribution in [0.25, 0.3) is 22.8 Å². The molecule has 0 aliphatic carbocycles. The molecule has 0 bridgehead atoms. The highest BCUT2D eigenvalue weighted by atomic mass is 16.5. The lowest BCUT2D eigenvalue weighted by atomic mass is 9.90. The number of ether oxygens (including phenoxy) is 1. The number of rotatable bonds is 6. The third kappa shape index (κ3) is 4.45. The van der Waals surface area contributed by atoms with Gasteiger partial charge >= 0.3 is 0 Å². The van der Waals surface area contributed by atoms with Crippen molar-refractivity contribution >= 4 is 17.4 Å². The highest BCUT2D eigenvalue weighted by molar-refractivity contribution is 6.25. The van der Waals surface area contributed by atoms with E-state index in [1.165, 1.54) is 0 Å². The summed E-state index contributed by atoms with van der Waals surface area (Å²) in [7, 11) is 1.68. The Kier molecular flexibility index (Phi) is 6.28. The fourth-order valence-electron chi connectivity index (χ4n) is 3.48. The summed E-state index contributed by atoms with van der Waals surface area (Å²) in [6.07, 6.45) is 4.20. The number of carbonyl (C=O) groups excluding carboxylic acids is 1. The molecule has 0 spiro atoms. The van der Waals surface area contributed by atoms with Crippen molar-refractivity contribution in [2.75, 3.05) is 7.11 Å². The molecule has 1 heterocycles. The fourth-order valence-corrected chi connectivity index (χ4v) is 3.48. The lowest BCUT2D eigenvalue weighted by Gasteiger charge is -2.16.